The number of aromatic nitrogens is 4. The largest absolute Gasteiger partial charge is 0.370 e. The standard InChI is InChI=1S/C12H17N5/c1-4-13-11-9(3)10(15-8-16-11)12-14-6-7-17(12)5-2/h6-8H,4-5H2,1-3H3,(H,13,15,16). The van der Waals surface area contributed by atoms with E-state index in [4.69, 9.17) is 0 Å². The molecule has 0 aliphatic heterocycles. The third-order valence-electron chi connectivity index (χ3n) is 2.70. The van der Waals surface area contributed by atoms with E-state index in [0.29, 0.717) is 0 Å². The molecule has 0 amide bonds. The van der Waals surface area contributed by atoms with Crippen LogP contribution in [0.5, 0.6) is 0 Å². The molecular formula is C12H17N5. The lowest BCUT2D eigenvalue weighted by molar-refractivity contribution is 0.766. The van der Waals surface area contributed by atoms with Gasteiger partial charge in [0.2, 0.25) is 0 Å². The summed E-state index contributed by atoms with van der Waals surface area (Å²) in [7, 11) is 0. The fraction of sp³-hybridized carbons (Fsp3) is 0.417. The second-order valence-electron chi connectivity index (χ2n) is 3.76. The van der Waals surface area contributed by atoms with E-state index in [1.54, 1.807) is 12.5 Å². The van der Waals surface area contributed by atoms with E-state index in [2.05, 4.69) is 31.8 Å². The molecular weight excluding hydrogens is 214 g/mol. The van der Waals surface area contributed by atoms with Gasteiger partial charge in [-0.1, -0.05) is 0 Å². The highest BCUT2D eigenvalue weighted by Crippen LogP contribution is 2.23. The van der Waals surface area contributed by atoms with Crippen molar-refractivity contribution in [2.75, 3.05) is 11.9 Å². The van der Waals surface area contributed by atoms with Crippen LogP contribution in [-0.4, -0.2) is 26.1 Å². The molecule has 0 aromatic carbocycles. The lowest BCUT2D eigenvalue weighted by Crippen LogP contribution is -2.06. The second-order valence-corrected chi connectivity index (χ2v) is 3.76. The molecule has 2 aromatic heterocycles. The van der Waals surface area contributed by atoms with E-state index in [1.165, 1.54) is 0 Å². The summed E-state index contributed by atoms with van der Waals surface area (Å²) < 4.78 is 2.07. The van der Waals surface area contributed by atoms with Crippen LogP contribution >= 0.6 is 0 Å². The first-order valence-corrected chi connectivity index (χ1v) is 5.84. The summed E-state index contributed by atoms with van der Waals surface area (Å²) in [5.41, 5.74) is 1.93. The predicted molar refractivity (Wildman–Crippen MR) is 67.8 cm³/mol. The highest BCUT2D eigenvalue weighted by molar-refractivity contribution is 5.62. The molecule has 2 rings (SSSR count). The Balaban J connectivity index is 2.49. The van der Waals surface area contributed by atoms with Gasteiger partial charge >= 0.3 is 0 Å². The van der Waals surface area contributed by atoms with Gasteiger partial charge in [0, 0.05) is 31.0 Å². The number of anilines is 1. The smallest absolute Gasteiger partial charge is 0.159 e. The predicted octanol–water partition coefficient (Wildman–Crippen LogP) is 2.10. The van der Waals surface area contributed by atoms with Gasteiger partial charge in [0.15, 0.2) is 5.82 Å². The molecule has 2 aromatic rings. The van der Waals surface area contributed by atoms with Gasteiger partial charge in [-0.3, -0.25) is 0 Å². The van der Waals surface area contributed by atoms with Crippen LogP contribution < -0.4 is 5.32 Å². The molecule has 2 heterocycles. The lowest BCUT2D eigenvalue weighted by Gasteiger charge is -2.10. The van der Waals surface area contributed by atoms with Crippen molar-refractivity contribution in [2.45, 2.75) is 27.3 Å². The Hall–Kier alpha value is -1.91. The number of hydrogen-bond donors (Lipinski definition) is 1. The molecule has 0 fully saturated rings. The number of rotatable bonds is 4. The molecule has 0 atom stereocenters. The van der Waals surface area contributed by atoms with Crippen molar-refractivity contribution < 1.29 is 0 Å². The van der Waals surface area contributed by atoms with Crippen molar-refractivity contribution in [1.29, 1.82) is 0 Å². The van der Waals surface area contributed by atoms with Gasteiger partial charge in [0.1, 0.15) is 17.8 Å². The van der Waals surface area contributed by atoms with Crippen molar-refractivity contribution in [2.24, 2.45) is 0 Å². The normalized spacial score (nSPS) is 10.5. The van der Waals surface area contributed by atoms with Crippen molar-refractivity contribution in [3.05, 3.63) is 24.3 Å². The Morgan fingerprint density at radius 3 is 2.76 bits per heavy atom. The maximum Gasteiger partial charge on any atom is 0.159 e. The summed E-state index contributed by atoms with van der Waals surface area (Å²) in [6, 6.07) is 0. The minimum Gasteiger partial charge on any atom is -0.370 e. The Labute approximate surface area is 101 Å². The molecule has 0 unspecified atom stereocenters. The number of nitrogens with one attached hydrogen (secondary N) is 1. The molecule has 0 saturated heterocycles. The molecule has 0 radical (unpaired) electrons. The molecule has 0 saturated carbocycles. The summed E-state index contributed by atoms with van der Waals surface area (Å²) in [6.07, 6.45) is 5.34. The quantitative estimate of drug-likeness (QED) is 0.875. The minimum absolute atomic E-state index is 0.847. The van der Waals surface area contributed by atoms with Crippen molar-refractivity contribution in [3.63, 3.8) is 0 Å². The zero-order valence-electron chi connectivity index (χ0n) is 10.4. The number of aryl methyl sites for hydroxylation is 1. The maximum atomic E-state index is 4.36. The zero-order valence-corrected chi connectivity index (χ0v) is 10.4. The average molecular weight is 231 g/mol. The fourth-order valence-corrected chi connectivity index (χ4v) is 1.80. The molecule has 0 aliphatic carbocycles. The molecule has 90 valence electrons. The summed E-state index contributed by atoms with van der Waals surface area (Å²) >= 11 is 0. The zero-order chi connectivity index (χ0) is 12.3. The maximum absolute atomic E-state index is 4.36. The number of imidazole rings is 1. The van der Waals surface area contributed by atoms with Crippen LogP contribution in [0.3, 0.4) is 0 Å². The SMILES string of the molecule is CCNc1ncnc(-c2nccn2CC)c1C. The van der Waals surface area contributed by atoms with Gasteiger partial charge in [-0.15, -0.1) is 0 Å². The van der Waals surface area contributed by atoms with E-state index in [1.807, 2.05) is 20.0 Å². The molecule has 0 aliphatic rings. The molecule has 1 N–H and O–H groups in total. The van der Waals surface area contributed by atoms with Gasteiger partial charge in [-0.2, -0.15) is 0 Å². The summed E-state index contributed by atoms with van der Waals surface area (Å²) in [5, 5.41) is 3.23. The highest BCUT2D eigenvalue weighted by atomic mass is 15.1. The molecule has 0 bridgehead atoms. The van der Waals surface area contributed by atoms with Crippen LogP contribution in [0.25, 0.3) is 11.5 Å². The van der Waals surface area contributed by atoms with Crippen LogP contribution in [0.1, 0.15) is 19.4 Å². The van der Waals surface area contributed by atoms with E-state index in [9.17, 15) is 0 Å². The van der Waals surface area contributed by atoms with Crippen LogP contribution in [0.2, 0.25) is 0 Å². The number of hydrogen-bond acceptors (Lipinski definition) is 4. The topological polar surface area (TPSA) is 55.6 Å². The average Bonchev–Trinajstić information content (AvgIpc) is 2.80. The first kappa shape index (κ1) is 11.6. The lowest BCUT2D eigenvalue weighted by atomic mass is 10.2. The van der Waals surface area contributed by atoms with Gasteiger partial charge < -0.3 is 9.88 Å². The first-order valence-electron chi connectivity index (χ1n) is 5.84. The highest BCUT2D eigenvalue weighted by Gasteiger charge is 2.12. The molecule has 5 heteroatoms. The van der Waals surface area contributed by atoms with Gasteiger partial charge in [0.05, 0.1) is 0 Å². The third kappa shape index (κ3) is 2.13. The second kappa shape index (κ2) is 4.95. The van der Waals surface area contributed by atoms with Crippen LogP contribution in [0.15, 0.2) is 18.7 Å². The van der Waals surface area contributed by atoms with Crippen LogP contribution in [0.4, 0.5) is 5.82 Å². The summed E-state index contributed by atoms with van der Waals surface area (Å²) in [5.74, 6) is 1.77. The van der Waals surface area contributed by atoms with Crippen molar-refractivity contribution in [1.82, 2.24) is 19.5 Å². The van der Waals surface area contributed by atoms with Crippen molar-refractivity contribution in [3.8, 4) is 11.5 Å². The van der Waals surface area contributed by atoms with Crippen LogP contribution in [-0.2, 0) is 6.54 Å². The Bertz CT molecular complexity index is 503. The van der Waals surface area contributed by atoms with Gasteiger partial charge in [-0.25, -0.2) is 15.0 Å². The van der Waals surface area contributed by atoms with E-state index in [-0.39, 0.29) is 0 Å². The van der Waals surface area contributed by atoms with E-state index >= 15 is 0 Å². The minimum atomic E-state index is 0.847. The van der Waals surface area contributed by atoms with E-state index in [0.717, 1.165) is 36.0 Å². The monoisotopic (exact) mass is 231 g/mol. The Kier molecular flexibility index (Phi) is 3.37. The van der Waals surface area contributed by atoms with Crippen molar-refractivity contribution >= 4 is 5.82 Å². The van der Waals surface area contributed by atoms with Gasteiger partial charge in [-0.05, 0) is 20.8 Å². The van der Waals surface area contributed by atoms with E-state index < -0.39 is 0 Å². The Morgan fingerprint density at radius 1 is 1.24 bits per heavy atom. The van der Waals surface area contributed by atoms with Crippen LogP contribution in [0, 0.1) is 6.92 Å². The number of nitrogens with zero attached hydrogens (tertiary/aromatic N) is 4. The van der Waals surface area contributed by atoms with Gasteiger partial charge in [0.25, 0.3) is 0 Å². The molecule has 0 spiro atoms. The fourth-order valence-electron chi connectivity index (χ4n) is 1.80. The molecule has 5 nitrogen and oxygen atoms in total. The third-order valence-corrected chi connectivity index (χ3v) is 2.70. The Morgan fingerprint density at radius 2 is 2.06 bits per heavy atom. The summed E-state index contributed by atoms with van der Waals surface area (Å²) in [6.45, 7) is 7.89. The molecule has 17 heavy (non-hydrogen) atoms. The summed E-state index contributed by atoms with van der Waals surface area (Å²) in [4.78, 5) is 12.9. The first-order chi connectivity index (χ1) is 8.27.